The molecule has 3 N–H and O–H groups in total. The summed E-state index contributed by atoms with van der Waals surface area (Å²) in [5, 5.41) is 9.72. The van der Waals surface area contributed by atoms with E-state index in [-0.39, 0.29) is 17.0 Å². The van der Waals surface area contributed by atoms with Gasteiger partial charge in [0.25, 0.3) is 15.9 Å². The minimum absolute atomic E-state index is 0.0432. The number of amides is 1. The molecule has 0 aliphatic rings. The van der Waals surface area contributed by atoms with Gasteiger partial charge in [0.1, 0.15) is 0 Å². The van der Waals surface area contributed by atoms with Gasteiger partial charge >= 0.3 is 0 Å². The van der Waals surface area contributed by atoms with Gasteiger partial charge in [-0.3, -0.25) is 14.6 Å². The predicted octanol–water partition coefficient (Wildman–Crippen LogP) is 2.86. The smallest absolute Gasteiger partial charge is 0.261 e. The fourth-order valence-corrected chi connectivity index (χ4v) is 3.81. The van der Waals surface area contributed by atoms with Crippen molar-refractivity contribution in [3.05, 3.63) is 69.7 Å². The van der Waals surface area contributed by atoms with Gasteiger partial charge in [-0.25, -0.2) is 8.42 Å². The number of rotatable bonds is 6. The number of hydrogen-bond acceptors (Lipinski definition) is 5. The van der Waals surface area contributed by atoms with Gasteiger partial charge in [-0.05, 0) is 48.6 Å². The maximum absolute atomic E-state index is 12.6. The monoisotopic (exact) mass is 437 g/mol. The summed E-state index contributed by atoms with van der Waals surface area (Å²) >= 11 is 10.9. The Balaban J connectivity index is 1.76. The van der Waals surface area contributed by atoms with Crippen molar-refractivity contribution < 1.29 is 13.2 Å². The first-order valence-electron chi connectivity index (χ1n) is 8.03. The zero-order valence-corrected chi connectivity index (χ0v) is 17.0. The van der Waals surface area contributed by atoms with Gasteiger partial charge in [0.15, 0.2) is 10.6 Å². The quantitative estimate of drug-likeness (QED) is 0.514. The molecule has 0 bridgehead atoms. The molecule has 0 fully saturated rings. The largest absolute Gasteiger partial charge is 0.345 e. The van der Waals surface area contributed by atoms with Crippen LogP contribution in [0.3, 0.4) is 0 Å². The number of aromatic amines is 1. The maximum atomic E-state index is 12.6. The van der Waals surface area contributed by atoms with Gasteiger partial charge in [0.05, 0.1) is 17.1 Å². The number of carbonyl (C=O) groups is 1. The molecule has 0 aliphatic carbocycles. The van der Waals surface area contributed by atoms with Crippen LogP contribution in [0.25, 0.3) is 0 Å². The standard InChI is InChI=1S/C17H16ClN5O3S2/c1-23-15(20-21-17(23)27)10-19-16(24)11-4-2-7-14(8-11)28(25,26)22-13-6-3-5-12(18)9-13/h2-9,22H,10H2,1H3,(H,19,24)(H,21,27). The van der Waals surface area contributed by atoms with E-state index in [0.29, 0.717) is 21.3 Å². The van der Waals surface area contributed by atoms with Gasteiger partial charge in [-0.15, -0.1) is 0 Å². The summed E-state index contributed by atoms with van der Waals surface area (Å²) in [7, 11) is -2.16. The minimum atomic E-state index is -3.88. The second-order valence-electron chi connectivity index (χ2n) is 5.83. The van der Waals surface area contributed by atoms with E-state index < -0.39 is 15.9 Å². The van der Waals surface area contributed by atoms with Gasteiger partial charge in [-0.1, -0.05) is 23.7 Å². The van der Waals surface area contributed by atoms with Crippen molar-refractivity contribution in [1.82, 2.24) is 20.1 Å². The van der Waals surface area contributed by atoms with E-state index in [0.717, 1.165) is 0 Å². The molecule has 1 amide bonds. The molecule has 1 aromatic heterocycles. The normalized spacial score (nSPS) is 11.2. The lowest BCUT2D eigenvalue weighted by Gasteiger charge is -2.10. The number of benzene rings is 2. The molecule has 0 atom stereocenters. The van der Waals surface area contributed by atoms with Gasteiger partial charge < -0.3 is 9.88 Å². The summed E-state index contributed by atoms with van der Waals surface area (Å²) in [5.74, 6) is 0.110. The number of anilines is 1. The van der Waals surface area contributed by atoms with Gasteiger partial charge in [-0.2, -0.15) is 5.10 Å². The van der Waals surface area contributed by atoms with Crippen molar-refractivity contribution in [2.24, 2.45) is 7.05 Å². The molecule has 3 rings (SSSR count). The Kier molecular flexibility index (Phi) is 5.82. The van der Waals surface area contributed by atoms with Crippen LogP contribution in [0.2, 0.25) is 5.02 Å². The van der Waals surface area contributed by atoms with E-state index >= 15 is 0 Å². The van der Waals surface area contributed by atoms with Crippen molar-refractivity contribution in [3.8, 4) is 0 Å². The van der Waals surface area contributed by atoms with Crippen molar-refractivity contribution in [1.29, 1.82) is 0 Å². The molecule has 28 heavy (non-hydrogen) atoms. The summed E-state index contributed by atoms with van der Waals surface area (Å²) in [6, 6.07) is 12.1. The molecule has 1 heterocycles. The lowest BCUT2D eigenvalue weighted by atomic mass is 10.2. The van der Waals surface area contributed by atoms with E-state index in [9.17, 15) is 13.2 Å². The summed E-state index contributed by atoms with van der Waals surface area (Å²) < 4.78 is 29.7. The highest BCUT2D eigenvalue weighted by atomic mass is 35.5. The van der Waals surface area contributed by atoms with Crippen LogP contribution in [0.1, 0.15) is 16.2 Å². The van der Waals surface area contributed by atoms with Crippen LogP contribution in [-0.2, 0) is 23.6 Å². The van der Waals surface area contributed by atoms with Gasteiger partial charge in [0.2, 0.25) is 0 Å². The Hall–Kier alpha value is -2.69. The zero-order valence-electron chi connectivity index (χ0n) is 14.6. The van der Waals surface area contributed by atoms with Crippen LogP contribution in [0.15, 0.2) is 53.4 Å². The molecule has 0 saturated heterocycles. The average Bonchev–Trinajstić information content (AvgIpc) is 2.98. The van der Waals surface area contributed by atoms with Gasteiger partial charge in [0, 0.05) is 17.6 Å². The van der Waals surface area contributed by atoms with E-state index in [2.05, 4.69) is 20.2 Å². The molecule has 11 heteroatoms. The number of carbonyl (C=O) groups excluding carboxylic acids is 1. The first-order chi connectivity index (χ1) is 13.3. The summed E-state index contributed by atoms with van der Waals surface area (Å²) in [6.07, 6.45) is 0. The lowest BCUT2D eigenvalue weighted by molar-refractivity contribution is 0.0949. The molecule has 3 aromatic rings. The third-order valence-electron chi connectivity index (χ3n) is 3.86. The van der Waals surface area contributed by atoms with E-state index in [1.54, 1.807) is 29.8 Å². The van der Waals surface area contributed by atoms with E-state index in [1.165, 1.54) is 30.3 Å². The Morgan fingerprint density at radius 1 is 1.25 bits per heavy atom. The highest BCUT2D eigenvalue weighted by Crippen LogP contribution is 2.20. The molecule has 0 unspecified atom stereocenters. The number of hydrogen-bond donors (Lipinski definition) is 3. The molecule has 0 spiro atoms. The fraction of sp³-hybridized carbons (Fsp3) is 0.118. The topological polar surface area (TPSA) is 109 Å². The lowest BCUT2D eigenvalue weighted by Crippen LogP contribution is -2.25. The van der Waals surface area contributed by atoms with Crippen LogP contribution in [-0.4, -0.2) is 29.1 Å². The number of nitrogens with one attached hydrogen (secondary N) is 3. The first kappa shape index (κ1) is 20.1. The van der Waals surface area contributed by atoms with Crippen molar-refractivity contribution in [2.75, 3.05) is 4.72 Å². The van der Waals surface area contributed by atoms with Crippen molar-refractivity contribution >= 4 is 45.4 Å². The Bertz CT molecular complexity index is 1190. The second-order valence-corrected chi connectivity index (χ2v) is 8.34. The van der Waals surface area contributed by atoms with E-state index in [1.807, 2.05) is 0 Å². The number of aromatic nitrogens is 3. The maximum Gasteiger partial charge on any atom is 0.261 e. The Morgan fingerprint density at radius 2 is 2.00 bits per heavy atom. The van der Waals surface area contributed by atoms with Crippen LogP contribution in [0, 0.1) is 4.77 Å². The highest BCUT2D eigenvalue weighted by molar-refractivity contribution is 7.92. The molecule has 8 nitrogen and oxygen atoms in total. The SMILES string of the molecule is Cn1c(CNC(=O)c2cccc(S(=O)(=O)Nc3cccc(Cl)c3)c2)n[nH]c1=S. The van der Waals surface area contributed by atoms with Crippen LogP contribution in [0.4, 0.5) is 5.69 Å². The molecule has 0 saturated carbocycles. The van der Waals surface area contributed by atoms with Crippen LogP contribution in [0.5, 0.6) is 0 Å². The Morgan fingerprint density at radius 3 is 2.68 bits per heavy atom. The third-order valence-corrected chi connectivity index (χ3v) is 5.84. The highest BCUT2D eigenvalue weighted by Gasteiger charge is 2.17. The summed E-state index contributed by atoms with van der Waals surface area (Å²) in [6.45, 7) is 0.139. The number of halogens is 1. The van der Waals surface area contributed by atoms with Crippen molar-refractivity contribution in [2.45, 2.75) is 11.4 Å². The average molecular weight is 438 g/mol. The number of nitrogens with zero attached hydrogens (tertiary/aromatic N) is 2. The number of sulfonamides is 1. The molecule has 0 aliphatic heterocycles. The molecule has 146 valence electrons. The van der Waals surface area contributed by atoms with Crippen LogP contribution >= 0.6 is 23.8 Å². The Labute approximate surface area is 171 Å². The number of H-pyrrole nitrogens is 1. The van der Waals surface area contributed by atoms with Crippen LogP contribution < -0.4 is 10.0 Å². The third kappa shape index (κ3) is 4.58. The first-order valence-corrected chi connectivity index (χ1v) is 10.3. The molecule has 0 radical (unpaired) electrons. The predicted molar refractivity (Wildman–Crippen MR) is 108 cm³/mol. The van der Waals surface area contributed by atoms with Crippen molar-refractivity contribution in [3.63, 3.8) is 0 Å². The summed E-state index contributed by atoms with van der Waals surface area (Å²) in [5.41, 5.74) is 0.527. The van der Waals surface area contributed by atoms with E-state index in [4.69, 9.17) is 23.8 Å². The molecular formula is C17H16ClN5O3S2. The fourth-order valence-electron chi connectivity index (χ4n) is 2.37. The summed E-state index contributed by atoms with van der Waals surface area (Å²) in [4.78, 5) is 12.4. The zero-order chi connectivity index (χ0) is 20.3. The molecular weight excluding hydrogens is 422 g/mol. The molecule has 2 aromatic carbocycles. The minimum Gasteiger partial charge on any atom is -0.345 e. The second kappa shape index (κ2) is 8.13.